The van der Waals surface area contributed by atoms with Gasteiger partial charge in [0, 0.05) is 5.41 Å². The number of hydrogen-bond donors (Lipinski definition) is 2. The van der Waals surface area contributed by atoms with Crippen molar-refractivity contribution in [3.05, 3.63) is 5.01 Å². The molecule has 2 rings (SSSR count). The van der Waals surface area contributed by atoms with E-state index >= 15 is 0 Å². The predicted octanol–water partition coefficient (Wildman–Crippen LogP) is 1.23. The zero-order valence-electron chi connectivity index (χ0n) is 14.1. The molecule has 2 N–H and O–H groups in total. The topological polar surface area (TPSA) is 96.5 Å². The Hall–Kier alpha value is -1.74. The molecule has 1 aliphatic heterocycles. The van der Waals surface area contributed by atoms with Gasteiger partial charge in [0.1, 0.15) is 10.7 Å². The lowest BCUT2D eigenvalue weighted by molar-refractivity contribution is -0.142. The summed E-state index contributed by atoms with van der Waals surface area (Å²) in [6, 6.07) is -0.263. The van der Waals surface area contributed by atoms with Gasteiger partial charge in [-0.05, 0) is 13.8 Å². The molecular weight excluding hydrogens is 318 g/mol. The smallest absolute Gasteiger partial charge is 0.325 e. The third-order valence-corrected chi connectivity index (χ3v) is 4.78. The first-order chi connectivity index (χ1) is 10.7. The van der Waals surface area contributed by atoms with Crippen molar-refractivity contribution < 1.29 is 14.3 Å². The lowest BCUT2D eigenvalue weighted by Crippen LogP contribution is -2.57. The minimum Gasteiger partial charge on any atom is -0.465 e. The number of anilines is 1. The summed E-state index contributed by atoms with van der Waals surface area (Å²) in [5.74, 6) is -0.360. The Morgan fingerprint density at radius 2 is 2.17 bits per heavy atom. The number of nitrogens with one attached hydrogen (secondary N) is 2. The van der Waals surface area contributed by atoms with E-state index in [0.29, 0.717) is 18.3 Å². The van der Waals surface area contributed by atoms with Crippen molar-refractivity contribution >= 4 is 28.5 Å². The zero-order valence-corrected chi connectivity index (χ0v) is 14.9. The molecule has 1 saturated heterocycles. The maximum Gasteiger partial charge on any atom is 0.325 e. The highest BCUT2D eigenvalue weighted by atomic mass is 32.1. The van der Waals surface area contributed by atoms with Gasteiger partial charge in [-0.25, -0.2) is 9.69 Å². The number of amides is 2. The first kappa shape index (κ1) is 17.6. The van der Waals surface area contributed by atoms with Crippen LogP contribution in [0, 0.1) is 0 Å². The van der Waals surface area contributed by atoms with E-state index < -0.39 is 5.66 Å². The molecule has 0 saturated carbocycles. The second-order valence-electron chi connectivity index (χ2n) is 6.57. The fourth-order valence-corrected chi connectivity index (χ4v) is 3.17. The maximum absolute atomic E-state index is 12.2. The number of rotatable bonds is 5. The minimum atomic E-state index is -0.765. The van der Waals surface area contributed by atoms with Crippen molar-refractivity contribution in [1.29, 1.82) is 0 Å². The highest BCUT2D eigenvalue weighted by Crippen LogP contribution is 2.33. The van der Waals surface area contributed by atoms with Gasteiger partial charge in [0.25, 0.3) is 0 Å². The maximum atomic E-state index is 12.2. The van der Waals surface area contributed by atoms with E-state index in [0.717, 1.165) is 5.01 Å². The molecule has 0 radical (unpaired) electrons. The van der Waals surface area contributed by atoms with Gasteiger partial charge in [0.2, 0.25) is 5.13 Å². The normalized spacial score (nSPS) is 21.4. The number of aromatic nitrogens is 2. The largest absolute Gasteiger partial charge is 0.465 e. The van der Waals surface area contributed by atoms with Crippen LogP contribution in [0.4, 0.5) is 9.93 Å². The van der Waals surface area contributed by atoms with Crippen LogP contribution in [0.5, 0.6) is 0 Å². The second kappa shape index (κ2) is 6.40. The van der Waals surface area contributed by atoms with Crippen LogP contribution in [0.15, 0.2) is 0 Å². The molecule has 2 amide bonds. The monoisotopic (exact) mass is 341 g/mol. The zero-order chi connectivity index (χ0) is 17.3. The Morgan fingerprint density at radius 1 is 1.48 bits per heavy atom. The molecule has 1 aromatic heterocycles. The number of esters is 1. The van der Waals surface area contributed by atoms with E-state index in [-0.39, 0.29) is 24.0 Å². The number of urea groups is 1. The first-order valence-corrected chi connectivity index (χ1v) is 8.32. The Morgan fingerprint density at radius 3 is 2.74 bits per heavy atom. The summed E-state index contributed by atoms with van der Waals surface area (Å²) in [5.41, 5.74) is -0.903. The molecule has 1 unspecified atom stereocenters. The summed E-state index contributed by atoms with van der Waals surface area (Å²) in [6.07, 6.45) is 0. The van der Waals surface area contributed by atoms with E-state index in [2.05, 4.69) is 20.8 Å². The average molecular weight is 341 g/mol. The summed E-state index contributed by atoms with van der Waals surface area (Å²) >= 11 is 1.37. The molecule has 8 nitrogen and oxygen atoms in total. The van der Waals surface area contributed by atoms with Crippen LogP contribution in [0.2, 0.25) is 0 Å². The third kappa shape index (κ3) is 3.78. The van der Waals surface area contributed by atoms with Crippen molar-refractivity contribution in [2.45, 2.75) is 45.7 Å². The Kier molecular flexibility index (Phi) is 4.90. The van der Waals surface area contributed by atoms with E-state index in [1.807, 2.05) is 27.7 Å². The van der Waals surface area contributed by atoms with E-state index in [9.17, 15) is 9.59 Å². The molecule has 1 aliphatic rings. The van der Waals surface area contributed by atoms with E-state index in [4.69, 9.17) is 4.74 Å². The van der Waals surface area contributed by atoms with E-state index in [1.54, 1.807) is 6.92 Å². The van der Waals surface area contributed by atoms with Gasteiger partial charge in [-0.15, -0.1) is 10.2 Å². The SMILES string of the molecule is CCOC(=O)CNC1(C)CNC(=O)N1c1nnc(C(C)(C)C)s1. The van der Waals surface area contributed by atoms with Crippen molar-refractivity contribution in [3.63, 3.8) is 0 Å². The Bertz CT molecular complexity index is 597. The van der Waals surface area contributed by atoms with Crippen LogP contribution in [-0.4, -0.2) is 47.6 Å². The molecule has 2 heterocycles. The van der Waals surface area contributed by atoms with Crippen molar-refractivity contribution in [2.75, 3.05) is 24.6 Å². The van der Waals surface area contributed by atoms with Gasteiger partial charge in [0.05, 0.1) is 19.7 Å². The molecule has 0 aromatic carbocycles. The number of carbonyl (C=O) groups excluding carboxylic acids is 2. The van der Waals surface area contributed by atoms with Crippen molar-refractivity contribution in [2.24, 2.45) is 0 Å². The molecule has 0 bridgehead atoms. The molecule has 1 aromatic rings. The summed E-state index contributed by atoms with van der Waals surface area (Å²) < 4.78 is 4.91. The molecule has 0 aliphatic carbocycles. The highest BCUT2D eigenvalue weighted by Gasteiger charge is 2.44. The van der Waals surface area contributed by atoms with Gasteiger partial charge < -0.3 is 10.1 Å². The minimum absolute atomic E-state index is 0.0146. The molecule has 0 spiro atoms. The standard InChI is InChI=1S/C14H23N5O3S/c1-6-22-9(20)7-16-14(5)8-15-11(21)19(14)12-18-17-10(23-12)13(2,3)4/h16H,6-8H2,1-5H3,(H,15,21). The Balaban J connectivity index is 2.19. The van der Waals surface area contributed by atoms with Gasteiger partial charge in [0.15, 0.2) is 0 Å². The molecule has 9 heteroatoms. The van der Waals surface area contributed by atoms with Crippen molar-refractivity contribution in [3.8, 4) is 0 Å². The van der Waals surface area contributed by atoms with Gasteiger partial charge in [-0.1, -0.05) is 32.1 Å². The van der Waals surface area contributed by atoms with Crippen LogP contribution in [-0.2, 0) is 14.9 Å². The second-order valence-corrected chi connectivity index (χ2v) is 7.52. The van der Waals surface area contributed by atoms with Gasteiger partial charge in [-0.3, -0.25) is 10.1 Å². The lowest BCUT2D eigenvalue weighted by atomic mass is 9.98. The Labute approximate surface area is 139 Å². The molecule has 1 atom stereocenters. The van der Waals surface area contributed by atoms with Crippen molar-refractivity contribution in [1.82, 2.24) is 20.8 Å². The molecule has 128 valence electrons. The molecular formula is C14H23N5O3S. The quantitative estimate of drug-likeness (QED) is 0.782. The lowest BCUT2D eigenvalue weighted by Gasteiger charge is -2.32. The summed E-state index contributed by atoms with van der Waals surface area (Å²) in [5, 5.41) is 15.5. The van der Waals surface area contributed by atoms with Crippen LogP contribution < -0.4 is 15.5 Å². The van der Waals surface area contributed by atoms with Crippen LogP contribution >= 0.6 is 11.3 Å². The van der Waals surface area contributed by atoms with Crippen LogP contribution in [0.1, 0.15) is 39.6 Å². The summed E-state index contributed by atoms with van der Waals surface area (Å²) in [6.45, 7) is 10.4. The number of nitrogens with zero attached hydrogens (tertiary/aromatic N) is 3. The predicted molar refractivity (Wildman–Crippen MR) is 87.5 cm³/mol. The highest BCUT2D eigenvalue weighted by molar-refractivity contribution is 7.15. The van der Waals surface area contributed by atoms with Crippen LogP contribution in [0.25, 0.3) is 0 Å². The average Bonchev–Trinajstić information content (AvgIpc) is 3.02. The fourth-order valence-electron chi connectivity index (χ4n) is 2.15. The first-order valence-electron chi connectivity index (χ1n) is 7.50. The van der Waals surface area contributed by atoms with Crippen LogP contribution in [0.3, 0.4) is 0 Å². The fraction of sp³-hybridized carbons (Fsp3) is 0.714. The van der Waals surface area contributed by atoms with E-state index in [1.165, 1.54) is 16.2 Å². The molecule has 23 heavy (non-hydrogen) atoms. The van der Waals surface area contributed by atoms with Gasteiger partial charge >= 0.3 is 12.0 Å². The number of hydrogen-bond acceptors (Lipinski definition) is 7. The summed E-state index contributed by atoms with van der Waals surface area (Å²) in [7, 11) is 0. The third-order valence-electron chi connectivity index (χ3n) is 3.45. The number of ether oxygens (including phenoxy) is 1. The molecule has 1 fully saturated rings. The summed E-state index contributed by atoms with van der Waals surface area (Å²) in [4.78, 5) is 25.3. The van der Waals surface area contributed by atoms with Gasteiger partial charge in [-0.2, -0.15) is 0 Å². The number of carbonyl (C=O) groups is 2.